The number of ether oxygens (including phenoxy) is 1. The van der Waals surface area contributed by atoms with Crippen molar-refractivity contribution in [2.24, 2.45) is 0 Å². The van der Waals surface area contributed by atoms with Gasteiger partial charge in [-0.1, -0.05) is 30.3 Å². The highest BCUT2D eigenvalue weighted by Crippen LogP contribution is 2.18. The number of hydrogen-bond donors (Lipinski definition) is 0. The average Bonchev–Trinajstić information content (AvgIpc) is 2.29. The lowest BCUT2D eigenvalue weighted by molar-refractivity contribution is -0.150. The predicted octanol–water partition coefficient (Wildman–Crippen LogP) is 1.97. The van der Waals surface area contributed by atoms with Crippen LogP contribution in [0.3, 0.4) is 0 Å². The van der Waals surface area contributed by atoms with E-state index in [1.165, 1.54) is 0 Å². The third-order valence-electron chi connectivity index (χ3n) is 2.47. The first-order chi connectivity index (χ1) is 7.27. The maximum absolute atomic E-state index is 11.9. The number of rotatable bonds is 2. The van der Waals surface area contributed by atoms with Gasteiger partial charge < -0.3 is 4.74 Å². The van der Waals surface area contributed by atoms with Gasteiger partial charge in [-0.15, -0.1) is 0 Å². The van der Waals surface area contributed by atoms with Crippen molar-refractivity contribution < 1.29 is 14.3 Å². The maximum atomic E-state index is 11.9. The van der Waals surface area contributed by atoms with E-state index in [9.17, 15) is 9.59 Å². The minimum Gasteiger partial charge on any atom is -0.454 e. The van der Waals surface area contributed by atoms with Crippen LogP contribution in [0.1, 0.15) is 29.6 Å². The second kappa shape index (κ2) is 4.26. The van der Waals surface area contributed by atoms with Gasteiger partial charge in [0.2, 0.25) is 5.78 Å². The Bertz CT molecular complexity index is 370. The number of carbonyl (C=O) groups is 2. The molecular weight excluding hydrogens is 192 g/mol. The first kappa shape index (κ1) is 9.90. The van der Waals surface area contributed by atoms with E-state index in [0.29, 0.717) is 18.4 Å². The van der Waals surface area contributed by atoms with Crippen molar-refractivity contribution in [1.82, 2.24) is 0 Å². The van der Waals surface area contributed by atoms with E-state index in [2.05, 4.69) is 0 Å². The van der Waals surface area contributed by atoms with Gasteiger partial charge in [0.05, 0.1) is 0 Å². The van der Waals surface area contributed by atoms with E-state index in [1.54, 1.807) is 24.3 Å². The zero-order valence-electron chi connectivity index (χ0n) is 8.31. The lowest BCUT2D eigenvalue weighted by atomic mass is 10.00. The van der Waals surface area contributed by atoms with Gasteiger partial charge in [0.25, 0.3) is 0 Å². The number of benzene rings is 1. The van der Waals surface area contributed by atoms with Crippen molar-refractivity contribution >= 4 is 11.8 Å². The van der Waals surface area contributed by atoms with E-state index in [4.69, 9.17) is 4.74 Å². The zero-order valence-corrected chi connectivity index (χ0v) is 8.31. The molecule has 0 aromatic heterocycles. The molecule has 1 aliphatic heterocycles. The fraction of sp³-hybridized carbons (Fsp3) is 0.333. The molecule has 1 fully saturated rings. The van der Waals surface area contributed by atoms with Gasteiger partial charge in [-0.2, -0.15) is 0 Å². The second-order valence-corrected chi connectivity index (χ2v) is 3.60. The first-order valence-electron chi connectivity index (χ1n) is 5.06. The number of carbonyl (C=O) groups excluding carboxylic acids is 2. The number of ketones is 1. The molecule has 0 saturated carbocycles. The van der Waals surface area contributed by atoms with Crippen molar-refractivity contribution in [3.05, 3.63) is 35.9 Å². The normalized spacial score (nSPS) is 20.8. The molecule has 1 heterocycles. The maximum Gasteiger partial charge on any atom is 0.306 e. The standard InChI is InChI=1S/C12H12O3/c13-11-8-4-7-10(15-11)12(14)9-5-2-1-3-6-9/h1-3,5-6,10H,4,7-8H2/t10-/m1/s1. The highest BCUT2D eigenvalue weighted by molar-refractivity contribution is 6.00. The van der Waals surface area contributed by atoms with Crippen LogP contribution in [0.25, 0.3) is 0 Å². The summed E-state index contributed by atoms with van der Waals surface area (Å²) in [5.41, 5.74) is 0.609. The Hall–Kier alpha value is -1.64. The zero-order chi connectivity index (χ0) is 10.7. The molecule has 2 rings (SSSR count). The topological polar surface area (TPSA) is 43.4 Å². The summed E-state index contributed by atoms with van der Waals surface area (Å²) in [5.74, 6) is -0.362. The van der Waals surface area contributed by atoms with E-state index in [-0.39, 0.29) is 11.8 Å². The highest BCUT2D eigenvalue weighted by atomic mass is 16.5. The smallest absolute Gasteiger partial charge is 0.306 e. The molecule has 1 aromatic carbocycles. The van der Waals surface area contributed by atoms with Crippen LogP contribution in [0.4, 0.5) is 0 Å². The van der Waals surface area contributed by atoms with Crippen LogP contribution in [0.2, 0.25) is 0 Å². The second-order valence-electron chi connectivity index (χ2n) is 3.60. The molecule has 0 radical (unpaired) electrons. The minimum atomic E-state index is -0.575. The minimum absolute atomic E-state index is 0.0938. The summed E-state index contributed by atoms with van der Waals surface area (Å²) in [6.07, 6.45) is 1.23. The Labute approximate surface area is 88.1 Å². The number of hydrogen-bond acceptors (Lipinski definition) is 3. The summed E-state index contributed by atoms with van der Waals surface area (Å²) in [7, 11) is 0. The first-order valence-corrected chi connectivity index (χ1v) is 5.06. The third kappa shape index (κ3) is 2.24. The van der Waals surface area contributed by atoms with Crippen LogP contribution in [0.15, 0.2) is 30.3 Å². The lowest BCUT2D eigenvalue weighted by Crippen LogP contribution is -2.31. The van der Waals surface area contributed by atoms with Crippen molar-refractivity contribution in [3.8, 4) is 0 Å². The lowest BCUT2D eigenvalue weighted by Gasteiger charge is -2.20. The fourth-order valence-corrected chi connectivity index (χ4v) is 1.68. The Balaban J connectivity index is 2.11. The van der Waals surface area contributed by atoms with Gasteiger partial charge >= 0.3 is 5.97 Å². The van der Waals surface area contributed by atoms with Crippen LogP contribution >= 0.6 is 0 Å². The van der Waals surface area contributed by atoms with Gasteiger partial charge in [-0.3, -0.25) is 9.59 Å². The molecule has 0 amide bonds. The van der Waals surface area contributed by atoms with Gasteiger partial charge in [0.1, 0.15) is 0 Å². The Morgan fingerprint density at radius 3 is 2.67 bits per heavy atom. The molecule has 0 unspecified atom stereocenters. The molecule has 1 atom stereocenters. The quantitative estimate of drug-likeness (QED) is 0.546. The fourth-order valence-electron chi connectivity index (χ4n) is 1.68. The van der Waals surface area contributed by atoms with E-state index < -0.39 is 6.10 Å². The van der Waals surface area contributed by atoms with Crippen molar-refractivity contribution in [1.29, 1.82) is 0 Å². The summed E-state index contributed by atoms with van der Waals surface area (Å²) in [5, 5.41) is 0. The van der Waals surface area contributed by atoms with Gasteiger partial charge in [0, 0.05) is 12.0 Å². The van der Waals surface area contributed by atoms with Crippen LogP contribution < -0.4 is 0 Å². The van der Waals surface area contributed by atoms with Crippen molar-refractivity contribution in [2.45, 2.75) is 25.4 Å². The summed E-state index contributed by atoms with van der Waals surface area (Å²) in [4.78, 5) is 22.9. The van der Waals surface area contributed by atoms with Crippen molar-refractivity contribution in [2.75, 3.05) is 0 Å². The SMILES string of the molecule is O=C1CCC[C@H](C(=O)c2ccccc2)O1. The molecule has 15 heavy (non-hydrogen) atoms. The van der Waals surface area contributed by atoms with Gasteiger partial charge in [-0.25, -0.2) is 0 Å². The van der Waals surface area contributed by atoms with Crippen LogP contribution in [-0.4, -0.2) is 17.9 Å². The average molecular weight is 204 g/mol. The molecule has 3 nitrogen and oxygen atoms in total. The molecule has 1 aliphatic rings. The summed E-state index contributed by atoms with van der Waals surface area (Å²) in [6.45, 7) is 0. The summed E-state index contributed by atoms with van der Waals surface area (Å²) < 4.78 is 5.01. The van der Waals surface area contributed by atoms with Gasteiger partial charge in [0.15, 0.2) is 6.10 Å². The highest BCUT2D eigenvalue weighted by Gasteiger charge is 2.27. The molecule has 78 valence electrons. The molecule has 0 aliphatic carbocycles. The largest absolute Gasteiger partial charge is 0.454 e. The summed E-state index contributed by atoms with van der Waals surface area (Å²) in [6, 6.07) is 8.94. The molecule has 0 bridgehead atoms. The molecule has 1 aromatic rings. The van der Waals surface area contributed by atoms with Gasteiger partial charge in [-0.05, 0) is 12.8 Å². The monoisotopic (exact) mass is 204 g/mol. The van der Waals surface area contributed by atoms with E-state index in [0.717, 1.165) is 6.42 Å². The predicted molar refractivity (Wildman–Crippen MR) is 54.5 cm³/mol. The van der Waals surface area contributed by atoms with Crippen molar-refractivity contribution in [3.63, 3.8) is 0 Å². The molecule has 0 N–H and O–H groups in total. The Kier molecular flexibility index (Phi) is 2.81. The van der Waals surface area contributed by atoms with Crippen LogP contribution in [-0.2, 0) is 9.53 Å². The summed E-state index contributed by atoms with van der Waals surface area (Å²) >= 11 is 0. The number of esters is 1. The van der Waals surface area contributed by atoms with Crippen LogP contribution in [0, 0.1) is 0 Å². The molecule has 1 saturated heterocycles. The third-order valence-corrected chi connectivity index (χ3v) is 2.47. The molecule has 0 spiro atoms. The van der Waals surface area contributed by atoms with E-state index in [1.807, 2.05) is 6.07 Å². The van der Waals surface area contributed by atoms with Crippen LogP contribution in [0.5, 0.6) is 0 Å². The Morgan fingerprint density at radius 1 is 1.27 bits per heavy atom. The number of cyclic esters (lactones) is 1. The number of Topliss-reactive ketones (excluding diaryl/α,β-unsaturated/α-hetero) is 1. The van der Waals surface area contributed by atoms with E-state index >= 15 is 0 Å². The molecular formula is C12H12O3. The molecule has 3 heteroatoms. The Morgan fingerprint density at radius 2 is 2.00 bits per heavy atom.